The number of hydrogen-bond acceptors (Lipinski definition) is 5. The topological polar surface area (TPSA) is 102 Å². The molecule has 0 radical (unpaired) electrons. The van der Waals surface area contributed by atoms with Crippen LogP contribution in [0.3, 0.4) is 0 Å². The first-order valence-corrected chi connectivity index (χ1v) is 7.09. The predicted octanol–water partition coefficient (Wildman–Crippen LogP) is 1.08. The second-order valence-electron chi connectivity index (χ2n) is 4.24. The molecule has 0 aliphatic rings. The first kappa shape index (κ1) is 15.0. The van der Waals surface area contributed by atoms with Crippen LogP contribution in [-0.2, 0) is 24.3 Å². The largest absolute Gasteiger partial charge is 0.477 e. The van der Waals surface area contributed by atoms with Crippen LogP contribution in [0.2, 0.25) is 0 Å². The fourth-order valence-corrected chi connectivity index (χ4v) is 2.83. The number of rotatable bonds is 6. The number of furan rings is 1. The van der Waals surface area contributed by atoms with E-state index in [9.17, 15) is 14.4 Å². The summed E-state index contributed by atoms with van der Waals surface area (Å²) in [5.74, 6) is -0.926. The zero-order valence-electron chi connectivity index (χ0n) is 11.3. The second kappa shape index (κ2) is 6.40. The summed E-state index contributed by atoms with van der Waals surface area (Å²) in [6, 6.07) is 3.43. The molecule has 0 saturated heterocycles. The van der Waals surface area contributed by atoms with Crippen molar-refractivity contribution in [3.8, 4) is 0 Å². The Labute approximate surface area is 123 Å². The molecule has 2 N–H and O–H groups in total. The number of hydrogen-bond donors (Lipinski definition) is 2. The third-order valence-corrected chi connectivity index (χ3v) is 3.88. The maximum atomic E-state index is 11.9. The fourth-order valence-electron chi connectivity index (χ4n) is 1.91. The van der Waals surface area contributed by atoms with E-state index in [1.54, 1.807) is 19.1 Å². The van der Waals surface area contributed by atoms with Gasteiger partial charge in [0.25, 0.3) is 0 Å². The van der Waals surface area contributed by atoms with E-state index >= 15 is 0 Å². The molecule has 8 heteroatoms. The highest BCUT2D eigenvalue weighted by atomic mass is 32.1. The number of amides is 1. The molecular weight excluding hydrogens is 296 g/mol. The summed E-state index contributed by atoms with van der Waals surface area (Å²) >= 11 is 0.641. The van der Waals surface area contributed by atoms with Crippen LogP contribution >= 0.6 is 11.3 Å². The van der Waals surface area contributed by atoms with Gasteiger partial charge in [-0.3, -0.25) is 14.2 Å². The summed E-state index contributed by atoms with van der Waals surface area (Å²) in [5.41, 5.74) is 0.366. The molecule has 21 heavy (non-hydrogen) atoms. The summed E-state index contributed by atoms with van der Waals surface area (Å²) in [4.78, 5) is 34.3. The van der Waals surface area contributed by atoms with E-state index in [-0.39, 0.29) is 23.9 Å². The highest BCUT2D eigenvalue weighted by Crippen LogP contribution is 2.13. The van der Waals surface area contributed by atoms with Gasteiger partial charge in [-0.15, -0.1) is 0 Å². The molecule has 0 atom stereocenters. The van der Waals surface area contributed by atoms with Crippen molar-refractivity contribution in [2.75, 3.05) is 0 Å². The Bertz CT molecular complexity index is 699. The van der Waals surface area contributed by atoms with Crippen molar-refractivity contribution in [1.29, 1.82) is 0 Å². The molecule has 0 saturated carbocycles. The summed E-state index contributed by atoms with van der Waals surface area (Å²) in [6.45, 7) is 1.76. The number of thiazole rings is 1. The molecule has 0 spiro atoms. The van der Waals surface area contributed by atoms with Gasteiger partial charge in [0.15, 0.2) is 0 Å². The van der Waals surface area contributed by atoms with Crippen LogP contribution < -0.4 is 10.2 Å². The minimum atomic E-state index is -1.15. The van der Waals surface area contributed by atoms with Gasteiger partial charge in [-0.05, 0) is 18.6 Å². The zero-order chi connectivity index (χ0) is 15.4. The van der Waals surface area contributed by atoms with Crippen molar-refractivity contribution in [3.05, 3.63) is 44.4 Å². The lowest BCUT2D eigenvalue weighted by Crippen LogP contribution is -2.31. The van der Waals surface area contributed by atoms with E-state index in [4.69, 9.17) is 9.52 Å². The van der Waals surface area contributed by atoms with Crippen LogP contribution in [-0.4, -0.2) is 21.6 Å². The van der Waals surface area contributed by atoms with E-state index in [1.807, 2.05) is 0 Å². The van der Waals surface area contributed by atoms with E-state index in [0.717, 1.165) is 0 Å². The molecule has 2 aromatic heterocycles. The van der Waals surface area contributed by atoms with Gasteiger partial charge in [-0.1, -0.05) is 18.3 Å². The second-order valence-corrected chi connectivity index (χ2v) is 5.21. The molecular formula is C13H14N2O5S. The summed E-state index contributed by atoms with van der Waals surface area (Å²) in [5, 5.41) is 11.7. The maximum Gasteiger partial charge on any atom is 0.347 e. The van der Waals surface area contributed by atoms with E-state index < -0.39 is 10.8 Å². The molecule has 0 aliphatic carbocycles. The molecule has 0 aliphatic heterocycles. The van der Waals surface area contributed by atoms with Crippen LogP contribution in [0.4, 0.5) is 0 Å². The lowest BCUT2D eigenvalue weighted by Gasteiger charge is -2.07. The van der Waals surface area contributed by atoms with Gasteiger partial charge < -0.3 is 14.8 Å². The Morgan fingerprint density at radius 1 is 1.48 bits per heavy atom. The van der Waals surface area contributed by atoms with Gasteiger partial charge >= 0.3 is 10.8 Å². The van der Waals surface area contributed by atoms with E-state index in [1.165, 1.54) is 10.8 Å². The Kier molecular flexibility index (Phi) is 4.59. The number of carbonyl (C=O) groups excluding carboxylic acids is 1. The monoisotopic (exact) mass is 310 g/mol. The number of carboxylic acid groups (broad SMARTS) is 1. The number of aromatic nitrogens is 1. The summed E-state index contributed by atoms with van der Waals surface area (Å²) < 4.78 is 6.28. The Morgan fingerprint density at radius 3 is 2.81 bits per heavy atom. The van der Waals surface area contributed by atoms with Crippen LogP contribution in [0.5, 0.6) is 0 Å². The lowest BCUT2D eigenvalue weighted by atomic mass is 10.3. The van der Waals surface area contributed by atoms with Gasteiger partial charge in [-0.2, -0.15) is 0 Å². The van der Waals surface area contributed by atoms with Crippen molar-refractivity contribution in [1.82, 2.24) is 9.88 Å². The number of carbonyl (C=O) groups is 2. The number of aromatic carboxylic acids is 1. The minimum Gasteiger partial charge on any atom is -0.477 e. The third-order valence-electron chi connectivity index (χ3n) is 2.87. The average Bonchev–Trinajstić information content (AvgIpc) is 3.05. The molecule has 0 bridgehead atoms. The van der Waals surface area contributed by atoms with Crippen LogP contribution in [0.1, 0.15) is 28.0 Å². The maximum absolute atomic E-state index is 11.9. The van der Waals surface area contributed by atoms with Crippen molar-refractivity contribution in [2.24, 2.45) is 0 Å². The molecule has 2 rings (SSSR count). The summed E-state index contributed by atoms with van der Waals surface area (Å²) in [7, 11) is 0. The molecule has 0 fully saturated rings. The molecule has 1 amide bonds. The first-order valence-electron chi connectivity index (χ1n) is 6.27. The SMILES string of the molecule is CCc1c(C(=O)O)sc(=O)n1CC(=O)NCc1ccco1. The standard InChI is InChI=1S/C13H14N2O5S/c1-2-9-11(12(17)18)21-13(19)15(9)7-10(16)14-6-8-4-3-5-20-8/h3-5H,2,6-7H2,1H3,(H,14,16)(H,17,18). The quantitative estimate of drug-likeness (QED) is 0.831. The molecule has 7 nitrogen and oxygen atoms in total. The first-order chi connectivity index (χ1) is 10.0. The van der Waals surface area contributed by atoms with Crippen molar-refractivity contribution >= 4 is 23.2 Å². The molecule has 112 valence electrons. The molecule has 2 aromatic rings. The van der Waals surface area contributed by atoms with Crippen molar-refractivity contribution in [3.63, 3.8) is 0 Å². The zero-order valence-corrected chi connectivity index (χ0v) is 12.1. The Balaban J connectivity index is 2.10. The smallest absolute Gasteiger partial charge is 0.347 e. The lowest BCUT2D eigenvalue weighted by molar-refractivity contribution is -0.122. The Hall–Kier alpha value is -2.35. The van der Waals surface area contributed by atoms with Gasteiger partial charge in [-0.25, -0.2) is 4.79 Å². The van der Waals surface area contributed by atoms with Crippen molar-refractivity contribution in [2.45, 2.75) is 26.4 Å². The molecule has 0 unspecified atom stereocenters. The number of nitrogens with one attached hydrogen (secondary N) is 1. The summed E-state index contributed by atoms with van der Waals surface area (Å²) in [6.07, 6.45) is 1.87. The minimum absolute atomic E-state index is 0.0127. The van der Waals surface area contributed by atoms with Crippen LogP contribution in [0.15, 0.2) is 27.6 Å². The predicted molar refractivity (Wildman–Crippen MR) is 75.5 cm³/mol. The highest BCUT2D eigenvalue weighted by molar-refractivity contribution is 7.11. The highest BCUT2D eigenvalue weighted by Gasteiger charge is 2.20. The van der Waals surface area contributed by atoms with E-state index in [0.29, 0.717) is 29.2 Å². The van der Waals surface area contributed by atoms with Gasteiger partial charge in [0.2, 0.25) is 5.91 Å². The normalized spacial score (nSPS) is 10.5. The Morgan fingerprint density at radius 2 is 2.24 bits per heavy atom. The van der Waals surface area contributed by atoms with Crippen molar-refractivity contribution < 1.29 is 19.1 Å². The molecule has 2 heterocycles. The number of carboxylic acids is 1. The van der Waals surface area contributed by atoms with Crippen LogP contribution in [0, 0.1) is 0 Å². The van der Waals surface area contributed by atoms with Gasteiger partial charge in [0, 0.05) is 5.69 Å². The van der Waals surface area contributed by atoms with Crippen LogP contribution in [0.25, 0.3) is 0 Å². The third kappa shape index (κ3) is 3.40. The average molecular weight is 310 g/mol. The number of nitrogens with zero attached hydrogens (tertiary/aromatic N) is 1. The van der Waals surface area contributed by atoms with E-state index in [2.05, 4.69) is 5.32 Å². The van der Waals surface area contributed by atoms with Gasteiger partial charge in [0.05, 0.1) is 12.8 Å². The molecule has 0 aromatic carbocycles. The van der Waals surface area contributed by atoms with Gasteiger partial charge in [0.1, 0.15) is 17.2 Å². The fraction of sp³-hybridized carbons (Fsp3) is 0.308.